The Bertz CT molecular complexity index is 783. The smallest absolute Gasteiger partial charge is 0.249 e. The zero-order chi connectivity index (χ0) is 15.5. The van der Waals surface area contributed by atoms with Crippen LogP contribution in [0.25, 0.3) is 5.69 Å². The Morgan fingerprint density at radius 1 is 1.05 bits per heavy atom. The molecular formula is C19H19N2O+. The van der Waals surface area contributed by atoms with E-state index in [9.17, 15) is 4.79 Å². The van der Waals surface area contributed by atoms with Crippen molar-refractivity contribution in [2.24, 2.45) is 0 Å². The van der Waals surface area contributed by atoms with Crippen molar-refractivity contribution < 1.29 is 9.36 Å². The number of carbonyl (C=O) groups excluding carboxylic acids is 1. The van der Waals surface area contributed by atoms with Gasteiger partial charge in [0, 0.05) is 5.56 Å². The van der Waals surface area contributed by atoms with E-state index in [2.05, 4.69) is 52.8 Å². The van der Waals surface area contributed by atoms with Crippen LogP contribution in [-0.4, -0.2) is 10.4 Å². The summed E-state index contributed by atoms with van der Waals surface area (Å²) in [5, 5.41) is 0. The largest absolute Gasteiger partial charge is 0.295 e. The third kappa shape index (κ3) is 3.14. The maximum Gasteiger partial charge on any atom is 0.249 e. The molecule has 0 aliphatic rings. The topological polar surface area (TPSA) is 25.9 Å². The van der Waals surface area contributed by atoms with Crippen molar-refractivity contribution in [3.63, 3.8) is 0 Å². The minimum Gasteiger partial charge on any atom is -0.295 e. The number of hydrogen-bond donors (Lipinski definition) is 0. The molecule has 0 atom stereocenters. The Labute approximate surface area is 130 Å². The van der Waals surface area contributed by atoms with Gasteiger partial charge in [0.25, 0.3) is 0 Å². The van der Waals surface area contributed by atoms with Gasteiger partial charge in [0.05, 0.1) is 0 Å². The van der Waals surface area contributed by atoms with Gasteiger partial charge in [-0.25, -0.2) is 9.13 Å². The Hall–Kier alpha value is -2.68. The average Bonchev–Trinajstić information content (AvgIpc) is 2.98. The number of imidazole rings is 1. The minimum absolute atomic E-state index is 0.0912. The SMILES string of the molecule is CC(=O)c1ccc(-n2cc[n+](Cc3ccc(C)cc3)c2)cc1. The predicted octanol–water partition coefficient (Wildman–Crippen LogP) is 3.32. The second kappa shape index (κ2) is 5.98. The summed E-state index contributed by atoms with van der Waals surface area (Å²) in [7, 11) is 0. The number of nitrogens with zero attached hydrogens (tertiary/aromatic N) is 2. The molecule has 0 unspecified atom stereocenters. The maximum absolute atomic E-state index is 11.3. The molecule has 2 aromatic carbocycles. The summed E-state index contributed by atoms with van der Waals surface area (Å²) in [6, 6.07) is 16.2. The molecular weight excluding hydrogens is 272 g/mol. The van der Waals surface area contributed by atoms with E-state index >= 15 is 0 Å². The summed E-state index contributed by atoms with van der Waals surface area (Å²) in [5.74, 6) is 0.0912. The standard InChI is InChI=1S/C19H19N2O/c1-15-3-5-17(6-4-15)13-20-11-12-21(14-20)19-9-7-18(8-10-19)16(2)22/h3-12,14H,13H2,1-2H3/q+1. The first-order valence-corrected chi connectivity index (χ1v) is 7.36. The number of aryl methyl sites for hydroxylation is 1. The quantitative estimate of drug-likeness (QED) is 0.535. The van der Waals surface area contributed by atoms with Gasteiger partial charge in [0.1, 0.15) is 24.6 Å². The van der Waals surface area contributed by atoms with Gasteiger partial charge < -0.3 is 0 Å². The summed E-state index contributed by atoms with van der Waals surface area (Å²) in [6.45, 7) is 4.52. The number of hydrogen-bond acceptors (Lipinski definition) is 1. The van der Waals surface area contributed by atoms with E-state index < -0.39 is 0 Å². The van der Waals surface area contributed by atoms with E-state index in [4.69, 9.17) is 0 Å². The Morgan fingerprint density at radius 2 is 1.73 bits per heavy atom. The molecule has 3 heteroatoms. The van der Waals surface area contributed by atoms with E-state index in [0.29, 0.717) is 0 Å². The zero-order valence-corrected chi connectivity index (χ0v) is 12.9. The number of rotatable bonds is 4. The molecule has 3 nitrogen and oxygen atoms in total. The molecule has 22 heavy (non-hydrogen) atoms. The molecule has 1 heterocycles. The Morgan fingerprint density at radius 3 is 2.36 bits per heavy atom. The van der Waals surface area contributed by atoms with Crippen molar-refractivity contribution in [3.05, 3.63) is 83.9 Å². The highest BCUT2D eigenvalue weighted by molar-refractivity contribution is 5.94. The van der Waals surface area contributed by atoms with Crippen molar-refractivity contribution in [1.82, 2.24) is 4.57 Å². The number of Topliss-reactive ketones (excluding diaryl/α,β-unsaturated/α-hetero) is 1. The third-order valence-corrected chi connectivity index (χ3v) is 3.75. The predicted molar refractivity (Wildman–Crippen MR) is 86.2 cm³/mol. The van der Waals surface area contributed by atoms with Crippen LogP contribution < -0.4 is 4.57 Å². The van der Waals surface area contributed by atoms with Gasteiger partial charge in [-0.2, -0.15) is 0 Å². The molecule has 0 N–H and O–H groups in total. The fourth-order valence-corrected chi connectivity index (χ4v) is 2.41. The lowest BCUT2D eigenvalue weighted by Gasteiger charge is -1.99. The molecule has 0 bridgehead atoms. The summed E-state index contributed by atoms with van der Waals surface area (Å²) < 4.78 is 4.20. The number of benzene rings is 2. The molecule has 3 rings (SSSR count). The van der Waals surface area contributed by atoms with Gasteiger partial charge in [-0.1, -0.05) is 29.8 Å². The first-order valence-electron chi connectivity index (χ1n) is 7.36. The van der Waals surface area contributed by atoms with Gasteiger partial charge in [-0.05, 0) is 43.7 Å². The molecule has 110 valence electrons. The molecule has 0 aliphatic heterocycles. The van der Waals surface area contributed by atoms with Gasteiger partial charge in [-0.3, -0.25) is 4.79 Å². The molecule has 0 spiro atoms. The fraction of sp³-hybridized carbons (Fsp3) is 0.158. The summed E-state index contributed by atoms with van der Waals surface area (Å²) in [6.07, 6.45) is 6.14. The molecule has 3 aromatic rings. The lowest BCUT2D eigenvalue weighted by Crippen LogP contribution is -2.31. The van der Waals surface area contributed by atoms with Gasteiger partial charge in [-0.15, -0.1) is 0 Å². The highest BCUT2D eigenvalue weighted by atomic mass is 16.1. The van der Waals surface area contributed by atoms with Gasteiger partial charge in [0.15, 0.2) is 5.78 Å². The van der Waals surface area contributed by atoms with Crippen LogP contribution in [-0.2, 0) is 6.54 Å². The third-order valence-electron chi connectivity index (χ3n) is 3.75. The Balaban J connectivity index is 1.78. The summed E-state index contributed by atoms with van der Waals surface area (Å²) in [4.78, 5) is 11.3. The number of ketones is 1. The van der Waals surface area contributed by atoms with Crippen molar-refractivity contribution in [3.8, 4) is 5.69 Å². The second-order valence-corrected chi connectivity index (χ2v) is 5.58. The van der Waals surface area contributed by atoms with Crippen LogP contribution in [0.1, 0.15) is 28.4 Å². The van der Waals surface area contributed by atoms with E-state index in [1.54, 1.807) is 6.92 Å². The first-order chi connectivity index (χ1) is 10.6. The van der Waals surface area contributed by atoms with Crippen LogP contribution in [0.4, 0.5) is 0 Å². The summed E-state index contributed by atoms with van der Waals surface area (Å²) in [5.41, 5.74) is 4.34. The molecule has 0 radical (unpaired) electrons. The lowest BCUT2D eigenvalue weighted by atomic mass is 10.1. The maximum atomic E-state index is 11.3. The van der Waals surface area contributed by atoms with Gasteiger partial charge in [0.2, 0.25) is 6.33 Å². The van der Waals surface area contributed by atoms with Crippen LogP contribution in [0.5, 0.6) is 0 Å². The molecule has 0 fully saturated rings. The lowest BCUT2D eigenvalue weighted by molar-refractivity contribution is -0.687. The fourth-order valence-electron chi connectivity index (χ4n) is 2.41. The van der Waals surface area contributed by atoms with E-state index in [1.807, 2.05) is 30.5 Å². The first kappa shape index (κ1) is 14.3. The molecule has 0 aliphatic carbocycles. The Kier molecular flexibility index (Phi) is 3.88. The van der Waals surface area contributed by atoms with E-state index in [0.717, 1.165) is 17.8 Å². The molecule has 0 amide bonds. The van der Waals surface area contributed by atoms with Crippen LogP contribution in [0.2, 0.25) is 0 Å². The van der Waals surface area contributed by atoms with E-state index in [1.165, 1.54) is 11.1 Å². The van der Waals surface area contributed by atoms with Gasteiger partial charge >= 0.3 is 0 Å². The number of aromatic nitrogens is 2. The normalized spacial score (nSPS) is 10.6. The zero-order valence-electron chi connectivity index (χ0n) is 12.9. The van der Waals surface area contributed by atoms with Crippen LogP contribution in [0.15, 0.2) is 67.3 Å². The van der Waals surface area contributed by atoms with Crippen molar-refractivity contribution in [1.29, 1.82) is 0 Å². The summed E-state index contributed by atoms with van der Waals surface area (Å²) >= 11 is 0. The monoisotopic (exact) mass is 291 g/mol. The molecule has 0 saturated heterocycles. The second-order valence-electron chi connectivity index (χ2n) is 5.58. The van der Waals surface area contributed by atoms with Crippen LogP contribution in [0, 0.1) is 6.92 Å². The van der Waals surface area contributed by atoms with E-state index in [-0.39, 0.29) is 5.78 Å². The van der Waals surface area contributed by atoms with Crippen LogP contribution in [0.3, 0.4) is 0 Å². The average molecular weight is 291 g/mol. The van der Waals surface area contributed by atoms with Crippen molar-refractivity contribution in [2.75, 3.05) is 0 Å². The highest BCUT2D eigenvalue weighted by Crippen LogP contribution is 2.10. The molecule has 1 aromatic heterocycles. The van der Waals surface area contributed by atoms with Crippen molar-refractivity contribution in [2.45, 2.75) is 20.4 Å². The highest BCUT2D eigenvalue weighted by Gasteiger charge is 2.08. The van der Waals surface area contributed by atoms with Crippen molar-refractivity contribution >= 4 is 5.78 Å². The molecule has 0 saturated carbocycles. The number of carbonyl (C=O) groups is 1. The van der Waals surface area contributed by atoms with Crippen LogP contribution >= 0.6 is 0 Å². The minimum atomic E-state index is 0.0912.